The van der Waals surface area contributed by atoms with E-state index in [0.29, 0.717) is 0 Å². The zero-order chi connectivity index (χ0) is 33.7. The van der Waals surface area contributed by atoms with Gasteiger partial charge in [0.2, 0.25) is 0 Å². The van der Waals surface area contributed by atoms with Gasteiger partial charge in [-0.15, -0.1) is 0 Å². The van der Waals surface area contributed by atoms with Crippen LogP contribution in [-0.2, 0) is 0 Å². The van der Waals surface area contributed by atoms with Crippen molar-refractivity contribution >= 4 is 43.6 Å². The summed E-state index contributed by atoms with van der Waals surface area (Å²) in [6, 6.07) is 66.8. The molecule has 0 aliphatic carbocycles. The number of para-hydroxylation sites is 2. The number of hydrogen-bond donors (Lipinski definition) is 0. The van der Waals surface area contributed by atoms with Gasteiger partial charge < -0.3 is 4.57 Å². The lowest BCUT2D eigenvalue weighted by Gasteiger charge is -2.14. The maximum atomic E-state index is 5.17. The van der Waals surface area contributed by atoms with Gasteiger partial charge in [0, 0.05) is 27.6 Å². The summed E-state index contributed by atoms with van der Waals surface area (Å²) in [6.45, 7) is 0. The lowest BCUT2D eigenvalue weighted by Crippen LogP contribution is -1.97. The molecule has 0 fully saturated rings. The molecule has 3 heteroatoms. The van der Waals surface area contributed by atoms with Crippen LogP contribution in [0.2, 0.25) is 0 Å². The van der Waals surface area contributed by atoms with Crippen LogP contribution in [0.15, 0.2) is 188 Å². The highest BCUT2D eigenvalue weighted by atomic mass is 15.0. The van der Waals surface area contributed by atoms with Gasteiger partial charge in [-0.1, -0.05) is 152 Å². The van der Waals surface area contributed by atoms with E-state index in [1.807, 2.05) is 30.3 Å². The minimum atomic E-state index is 0.873. The minimum Gasteiger partial charge on any atom is -0.309 e. The van der Waals surface area contributed by atoms with Gasteiger partial charge in [0.05, 0.1) is 33.5 Å². The Morgan fingerprint density at radius 1 is 0.333 bits per heavy atom. The lowest BCUT2D eigenvalue weighted by atomic mass is 9.94. The monoisotopic (exact) mass is 649 g/mol. The number of fused-ring (bicyclic) bond motifs is 6. The predicted molar refractivity (Wildman–Crippen MR) is 213 cm³/mol. The molecule has 0 spiro atoms. The molecule has 0 saturated carbocycles. The molecule has 0 bridgehead atoms. The highest BCUT2D eigenvalue weighted by Crippen LogP contribution is 2.43. The molecule has 2 heterocycles. The first-order valence-electron chi connectivity index (χ1n) is 17.3. The van der Waals surface area contributed by atoms with Crippen LogP contribution in [0.25, 0.3) is 94.1 Å². The van der Waals surface area contributed by atoms with Crippen LogP contribution in [0.4, 0.5) is 0 Å². The summed E-state index contributed by atoms with van der Waals surface area (Å²) in [7, 11) is 0. The van der Waals surface area contributed by atoms with Crippen molar-refractivity contribution in [2.24, 2.45) is 0 Å². The summed E-state index contributed by atoms with van der Waals surface area (Å²) in [5.74, 6) is 0. The van der Waals surface area contributed by atoms with Crippen molar-refractivity contribution in [2.45, 2.75) is 0 Å². The number of rotatable bonds is 5. The van der Waals surface area contributed by atoms with Gasteiger partial charge in [0.25, 0.3) is 0 Å². The summed E-state index contributed by atoms with van der Waals surface area (Å²) < 4.78 is 2.43. The molecule has 10 aromatic rings. The molecule has 0 aliphatic heterocycles. The minimum absolute atomic E-state index is 0.873. The van der Waals surface area contributed by atoms with Crippen molar-refractivity contribution in [1.29, 1.82) is 0 Å². The molecule has 10 rings (SSSR count). The van der Waals surface area contributed by atoms with Crippen LogP contribution in [0.1, 0.15) is 0 Å². The Kier molecular flexibility index (Phi) is 6.81. The Labute approximate surface area is 295 Å². The molecule has 3 nitrogen and oxygen atoms in total. The number of aromatic nitrogens is 3. The van der Waals surface area contributed by atoms with Crippen molar-refractivity contribution < 1.29 is 0 Å². The third kappa shape index (κ3) is 4.90. The quantitative estimate of drug-likeness (QED) is 0.186. The highest BCUT2D eigenvalue weighted by molar-refractivity contribution is 6.24. The second-order valence-corrected chi connectivity index (χ2v) is 13.0. The molecule has 0 saturated heterocycles. The first kappa shape index (κ1) is 29.1. The van der Waals surface area contributed by atoms with Crippen molar-refractivity contribution in [3.63, 3.8) is 0 Å². The third-order valence-electron chi connectivity index (χ3n) is 9.98. The second kappa shape index (κ2) is 11.9. The average molecular weight is 650 g/mol. The van der Waals surface area contributed by atoms with Crippen molar-refractivity contribution in [3.8, 4) is 50.5 Å². The van der Waals surface area contributed by atoms with Gasteiger partial charge in [-0.05, 0) is 69.4 Å². The zero-order valence-corrected chi connectivity index (χ0v) is 27.7. The molecule has 0 aliphatic rings. The van der Waals surface area contributed by atoms with E-state index in [0.717, 1.165) is 39.2 Å². The fourth-order valence-corrected chi connectivity index (χ4v) is 7.59. The van der Waals surface area contributed by atoms with Gasteiger partial charge in [-0.3, -0.25) is 0 Å². The number of nitrogens with zero attached hydrogens (tertiary/aromatic N) is 3. The largest absolute Gasteiger partial charge is 0.309 e. The van der Waals surface area contributed by atoms with Gasteiger partial charge in [0.1, 0.15) is 0 Å². The average Bonchev–Trinajstić information content (AvgIpc) is 3.55. The molecular weight excluding hydrogens is 619 g/mol. The number of benzene rings is 8. The Hall–Kier alpha value is -6.84. The fraction of sp³-hybridized carbons (Fsp3) is 0. The van der Waals surface area contributed by atoms with Gasteiger partial charge in [-0.2, -0.15) is 0 Å². The SMILES string of the molecule is c1ccc(-c2ccc3c4c5ccccc5c(-c5ccccc5)cc4n(-c4ccc(-c5nc6ccccc6nc5-c5ccccc5)cc4)c3c2)cc1. The summed E-state index contributed by atoms with van der Waals surface area (Å²) in [5, 5.41) is 4.99. The van der Waals surface area contributed by atoms with Gasteiger partial charge in [-0.25, -0.2) is 9.97 Å². The highest BCUT2D eigenvalue weighted by Gasteiger charge is 2.19. The van der Waals surface area contributed by atoms with Gasteiger partial charge in [0.15, 0.2) is 0 Å². The summed E-state index contributed by atoms with van der Waals surface area (Å²) in [5.41, 5.74) is 13.8. The maximum absolute atomic E-state index is 5.17. The summed E-state index contributed by atoms with van der Waals surface area (Å²) in [4.78, 5) is 10.3. The van der Waals surface area contributed by atoms with Crippen molar-refractivity contribution in [2.75, 3.05) is 0 Å². The van der Waals surface area contributed by atoms with E-state index in [9.17, 15) is 0 Å². The van der Waals surface area contributed by atoms with Crippen LogP contribution < -0.4 is 0 Å². The van der Waals surface area contributed by atoms with E-state index >= 15 is 0 Å². The topological polar surface area (TPSA) is 30.7 Å². The summed E-state index contributed by atoms with van der Waals surface area (Å²) in [6.07, 6.45) is 0. The molecule has 238 valence electrons. The molecule has 0 radical (unpaired) electrons. The van der Waals surface area contributed by atoms with Crippen LogP contribution in [-0.4, -0.2) is 14.5 Å². The third-order valence-corrected chi connectivity index (χ3v) is 9.98. The van der Waals surface area contributed by atoms with E-state index in [2.05, 4.69) is 162 Å². The van der Waals surface area contributed by atoms with E-state index in [1.54, 1.807) is 0 Å². The van der Waals surface area contributed by atoms with Crippen LogP contribution in [0, 0.1) is 0 Å². The Morgan fingerprint density at radius 2 is 0.843 bits per heavy atom. The molecule has 8 aromatic carbocycles. The van der Waals surface area contributed by atoms with E-state index < -0.39 is 0 Å². The van der Waals surface area contributed by atoms with Crippen molar-refractivity contribution in [1.82, 2.24) is 14.5 Å². The molecular formula is C48H31N3. The van der Waals surface area contributed by atoms with Crippen LogP contribution in [0.3, 0.4) is 0 Å². The van der Waals surface area contributed by atoms with Gasteiger partial charge >= 0.3 is 0 Å². The molecule has 0 unspecified atom stereocenters. The molecule has 51 heavy (non-hydrogen) atoms. The van der Waals surface area contributed by atoms with Crippen molar-refractivity contribution in [3.05, 3.63) is 188 Å². The Bertz CT molecular complexity index is 2870. The van der Waals surface area contributed by atoms with E-state index in [-0.39, 0.29) is 0 Å². The molecule has 2 aromatic heterocycles. The Morgan fingerprint density at radius 3 is 1.49 bits per heavy atom. The standard InChI is InChI=1S/C48H31N3/c1-4-14-32(15-5-1)36-26-29-40-44(30-36)51(45-31-41(33-16-6-2-7-17-33)38-20-10-11-21-39(38)46(40)45)37-27-24-35(25-28-37)48-47(34-18-8-3-9-19-34)49-42-22-12-13-23-43(42)50-48/h1-31H. The smallest absolute Gasteiger partial charge is 0.0973 e. The fourth-order valence-electron chi connectivity index (χ4n) is 7.59. The second-order valence-electron chi connectivity index (χ2n) is 13.0. The predicted octanol–water partition coefficient (Wildman–Crippen LogP) is 12.5. The molecule has 0 atom stereocenters. The normalized spacial score (nSPS) is 11.5. The van der Waals surface area contributed by atoms with E-state index in [1.165, 1.54) is 54.8 Å². The van der Waals surface area contributed by atoms with Crippen LogP contribution in [0.5, 0.6) is 0 Å². The summed E-state index contributed by atoms with van der Waals surface area (Å²) >= 11 is 0. The molecule has 0 amide bonds. The zero-order valence-electron chi connectivity index (χ0n) is 27.7. The number of hydrogen-bond acceptors (Lipinski definition) is 2. The maximum Gasteiger partial charge on any atom is 0.0973 e. The molecule has 0 N–H and O–H groups in total. The first-order chi connectivity index (χ1) is 25.3. The Balaban J connectivity index is 1.23. The first-order valence-corrected chi connectivity index (χ1v) is 17.3. The van der Waals surface area contributed by atoms with Crippen LogP contribution >= 0.6 is 0 Å². The van der Waals surface area contributed by atoms with E-state index in [4.69, 9.17) is 9.97 Å². The lowest BCUT2D eigenvalue weighted by molar-refractivity contribution is 1.18.